The van der Waals surface area contributed by atoms with Gasteiger partial charge in [-0.05, 0) is 55.3 Å². The number of rotatable bonds is 11. The van der Waals surface area contributed by atoms with Crippen molar-refractivity contribution in [3.63, 3.8) is 0 Å². The number of aryl methyl sites for hydroxylation is 1. The Bertz CT molecular complexity index is 1530. The standard InChI is InChI=1S/C27H27N5O5S3/c1-3-37-26(35)23-16-8-6-11-19(16)40-25(23)29-22(33)15-39-27-31-30-21(14-28-24(34)20-12-7-13-38-20)32(27)17-9-4-5-10-18(17)36-2/h4-5,7,9-10,12-13H,3,6,8,11,14-15H2,1-2H3,(H,28,34)(H,29,33). The van der Waals surface area contributed by atoms with Crippen molar-refractivity contribution in [3.05, 3.63) is 68.5 Å². The molecule has 2 N–H and O–H groups in total. The molecule has 13 heteroatoms. The molecule has 0 spiro atoms. The Kier molecular flexibility index (Phi) is 8.82. The van der Waals surface area contributed by atoms with Gasteiger partial charge in [-0.15, -0.1) is 32.9 Å². The number of hydrogen-bond acceptors (Lipinski definition) is 10. The first-order valence-electron chi connectivity index (χ1n) is 12.6. The second-order valence-corrected chi connectivity index (χ2v) is 11.7. The van der Waals surface area contributed by atoms with Gasteiger partial charge in [-0.1, -0.05) is 30.0 Å². The highest BCUT2D eigenvalue weighted by Crippen LogP contribution is 2.39. The quantitative estimate of drug-likeness (QED) is 0.188. The molecule has 1 aromatic carbocycles. The SMILES string of the molecule is CCOC(=O)c1c(NC(=O)CSc2nnc(CNC(=O)c3cccs3)n2-c2ccccc2OC)sc2c1CCC2. The summed E-state index contributed by atoms with van der Waals surface area (Å²) in [4.78, 5) is 40.0. The van der Waals surface area contributed by atoms with Crippen molar-refractivity contribution in [2.45, 2.75) is 37.9 Å². The third-order valence-electron chi connectivity index (χ3n) is 6.16. The number of amides is 2. The fourth-order valence-corrected chi connectivity index (χ4v) is 7.12. The molecule has 0 saturated carbocycles. The number of thioether (sulfide) groups is 1. The van der Waals surface area contributed by atoms with Gasteiger partial charge in [0.25, 0.3) is 5.91 Å². The van der Waals surface area contributed by atoms with Crippen LogP contribution in [0.3, 0.4) is 0 Å². The zero-order chi connectivity index (χ0) is 28.1. The molecule has 0 fully saturated rings. The number of carbonyl (C=O) groups excluding carboxylic acids is 3. The number of benzene rings is 1. The minimum atomic E-state index is -0.407. The molecule has 40 heavy (non-hydrogen) atoms. The largest absolute Gasteiger partial charge is 0.495 e. The Labute approximate surface area is 243 Å². The van der Waals surface area contributed by atoms with E-state index in [2.05, 4.69) is 20.8 Å². The highest BCUT2D eigenvalue weighted by molar-refractivity contribution is 7.99. The molecule has 3 aromatic heterocycles. The molecular weight excluding hydrogens is 571 g/mol. The maximum atomic E-state index is 13.1. The summed E-state index contributed by atoms with van der Waals surface area (Å²) in [5, 5.41) is 17.2. The molecule has 1 aliphatic carbocycles. The van der Waals surface area contributed by atoms with Crippen molar-refractivity contribution >= 4 is 57.2 Å². The van der Waals surface area contributed by atoms with Crippen LogP contribution in [-0.2, 0) is 28.9 Å². The van der Waals surface area contributed by atoms with E-state index in [9.17, 15) is 14.4 Å². The van der Waals surface area contributed by atoms with Gasteiger partial charge in [-0.2, -0.15) is 0 Å². The molecule has 4 aromatic rings. The van der Waals surface area contributed by atoms with Crippen molar-refractivity contribution in [2.24, 2.45) is 0 Å². The van der Waals surface area contributed by atoms with E-state index in [-0.39, 0.29) is 30.7 Å². The molecule has 1 aliphatic rings. The average Bonchev–Trinajstić information content (AvgIpc) is 3.75. The third-order valence-corrected chi connectivity index (χ3v) is 9.17. The lowest BCUT2D eigenvalue weighted by atomic mass is 10.1. The summed E-state index contributed by atoms with van der Waals surface area (Å²) in [5.41, 5.74) is 2.13. The number of para-hydroxylation sites is 2. The van der Waals surface area contributed by atoms with Crippen LogP contribution >= 0.6 is 34.4 Å². The summed E-state index contributed by atoms with van der Waals surface area (Å²) in [6.45, 7) is 2.15. The Balaban J connectivity index is 1.35. The van der Waals surface area contributed by atoms with Crippen LogP contribution in [0.2, 0.25) is 0 Å². The molecule has 2 amide bonds. The summed E-state index contributed by atoms with van der Waals surface area (Å²) in [7, 11) is 1.57. The van der Waals surface area contributed by atoms with Gasteiger partial charge in [0.1, 0.15) is 10.8 Å². The smallest absolute Gasteiger partial charge is 0.341 e. The first-order chi connectivity index (χ1) is 19.5. The Morgan fingerprint density at radius 1 is 1.12 bits per heavy atom. The van der Waals surface area contributed by atoms with Crippen molar-refractivity contribution in [3.8, 4) is 11.4 Å². The van der Waals surface area contributed by atoms with Gasteiger partial charge in [-0.3, -0.25) is 14.2 Å². The van der Waals surface area contributed by atoms with Crippen molar-refractivity contribution in [1.82, 2.24) is 20.1 Å². The van der Waals surface area contributed by atoms with Crippen LogP contribution in [0.5, 0.6) is 5.75 Å². The summed E-state index contributed by atoms with van der Waals surface area (Å²) >= 11 is 3.99. The summed E-state index contributed by atoms with van der Waals surface area (Å²) < 4.78 is 12.6. The molecule has 0 unspecified atom stereocenters. The molecule has 0 bridgehead atoms. The van der Waals surface area contributed by atoms with Gasteiger partial charge in [-0.25, -0.2) is 4.79 Å². The number of esters is 1. The van der Waals surface area contributed by atoms with E-state index in [0.29, 0.717) is 37.9 Å². The van der Waals surface area contributed by atoms with Crippen molar-refractivity contribution in [2.75, 3.05) is 24.8 Å². The average molecular weight is 598 g/mol. The maximum Gasteiger partial charge on any atom is 0.341 e. The van der Waals surface area contributed by atoms with E-state index >= 15 is 0 Å². The molecule has 0 aliphatic heterocycles. The summed E-state index contributed by atoms with van der Waals surface area (Å²) in [6.07, 6.45) is 2.69. The number of fused-ring (bicyclic) bond motifs is 1. The third kappa shape index (κ3) is 5.91. The normalized spacial score (nSPS) is 12.2. The molecule has 0 saturated heterocycles. The lowest BCUT2D eigenvalue weighted by Gasteiger charge is -2.14. The zero-order valence-electron chi connectivity index (χ0n) is 21.9. The molecule has 3 heterocycles. The van der Waals surface area contributed by atoms with Gasteiger partial charge in [0.2, 0.25) is 5.91 Å². The van der Waals surface area contributed by atoms with Gasteiger partial charge < -0.3 is 20.1 Å². The predicted molar refractivity (Wildman–Crippen MR) is 155 cm³/mol. The van der Waals surface area contributed by atoms with Crippen LogP contribution in [0.15, 0.2) is 46.9 Å². The summed E-state index contributed by atoms with van der Waals surface area (Å²) in [5.74, 6) is 0.203. The lowest BCUT2D eigenvalue weighted by Crippen LogP contribution is -2.24. The maximum absolute atomic E-state index is 13.1. The number of hydrogen-bond donors (Lipinski definition) is 2. The molecular formula is C27H27N5O5S3. The molecule has 0 radical (unpaired) electrons. The molecule has 0 atom stereocenters. The van der Waals surface area contributed by atoms with Crippen molar-refractivity contribution < 1.29 is 23.9 Å². The Morgan fingerprint density at radius 3 is 2.75 bits per heavy atom. The fraction of sp³-hybridized carbons (Fsp3) is 0.296. The van der Waals surface area contributed by atoms with E-state index in [1.807, 2.05) is 35.7 Å². The van der Waals surface area contributed by atoms with E-state index in [0.717, 1.165) is 29.7 Å². The topological polar surface area (TPSA) is 124 Å². The highest BCUT2D eigenvalue weighted by atomic mass is 32.2. The van der Waals surface area contributed by atoms with Crippen LogP contribution in [-0.4, -0.2) is 52.0 Å². The van der Waals surface area contributed by atoms with Crippen LogP contribution < -0.4 is 15.4 Å². The van der Waals surface area contributed by atoms with Gasteiger partial charge in [0, 0.05) is 4.88 Å². The molecule has 208 valence electrons. The Morgan fingerprint density at radius 2 is 1.98 bits per heavy atom. The van der Waals surface area contributed by atoms with Gasteiger partial charge in [0.05, 0.1) is 42.1 Å². The number of methoxy groups -OCH3 is 1. The van der Waals surface area contributed by atoms with Crippen LogP contribution in [0.4, 0.5) is 5.00 Å². The minimum absolute atomic E-state index is 0.0274. The second-order valence-electron chi connectivity index (χ2n) is 8.68. The Hall–Kier alpha value is -3.68. The number of carbonyl (C=O) groups is 3. The number of anilines is 1. The van der Waals surface area contributed by atoms with E-state index in [1.54, 1.807) is 24.7 Å². The number of nitrogens with one attached hydrogen (secondary N) is 2. The number of thiophene rings is 2. The number of ether oxygens (including phenoxy) is 2. The van der Waals surface area contributed by atoms with E-state index in [1.165, 1.54) is 34.4 Å². The molecule has 10 nitrogen and oxygen atoms in total. The number of nitrogens with zero attached hydrogens (tertiary/aromatic N) is 3. The van der Waals surface area contributed by atoms with E-state index in [4.69, 9.17) is 9.47 Å². The lowest BCUT2D eigenvalue weighted by molar-refractivity contribution is -0.113. The number of aromatic nitrogens is 3. The predicted octanol–water partition coefficient (Wildman–Crippen LogP) is 4.73. The fourth-order valence-electron chi connectivity index (χ4n) is 4.42. The highest BCUT2D eigenvalue weighted by Gasteiger charge is 2.28. The van der Waals surface area contributed by atoms with Gasteiger partial charge >= 0.3 is 5.97 Å². The first-order valence-corrected chi connectivity index (χ1v) is 15.3. The zero-order valence-corrected chi connectivity index (χ0v) is 24.3. The van der Waals surface area contributed by atoms with Gasteiger partial charge in [0.15, 0.2) is 11.0 Å². The second kappa shape index (κ2) is 12.7. The van der Waals surface area contributed by atoms with Crippen LogP contribution in [0, 0.1) is 0 Å². The van der Waals surface area contributed by atoms with Crippen molar-refractivity contribution in [1.29, 1.82) is 0 Å². The first kappa shape index (κ1) is 27.9. The van der Waals surface area contributed by atoms with Crippen LogP contribution in [0.25, 0.3) is 5.69 Å². The monoisotopic (exact) mass is 597 g/mol. The summed E-state index contributed by atoms with van der Waals surface area (Å²) in [6, 6.07) is 11.0. The molecule has 5 rings (SSSR count). The minimum Gasteiger partial charge on any atom is -0.495 e. The van der Waals surface area contributed by atoms with E-state index < -0.39 is 5.97 Å². The van der Waals surface area contributed by atoms with Crippen LogP contribution in [0.1, 0.15) is 49.6 Å².